The van der Waals surface area contributed by atoms with Gasteiger partial charge in [-0.2, -0.15) is 0 Å². The monoisotopic (exact) mass is 295 g/mol. The van der Waals surface area contributed by atoms with Crippen molar-refractivity contribution in [3.8, 4) is 0 Å². The van der Waals surface area contributed by atoms with E-state index in [1.807, 2.05) is 0 Å². The van der Waals surface area contributed by atoms with E-state index in [0.717, 1.165) is 11.0 Å². The molecule has 1 heterocycles. The Morgan fingerprint density at radius 1 is 1.33 bits per heavy atom. The Kier molecular flexibility index (Phi) is 3.84. The quantitative estimate of drug-likeness (QED) is 0.680. The molecule has 5 nitrogen and oxygen atoms in total. The van der Waals surface area contributed by atoms with Gasteiger partial charge in [-0.25, -0.2) is 13.6 Å². The SMILES string of the molecule is CCC(=CCN1C(=O)C(=O)c2cc(F)cc(F)c21)C(=O)O. The molecule has 0 bridgehead atoms. The highest BCUT2D eigenvalue weighted by molar-refractivity contribution is 6.52. The molecule has 21 heavy (non-hydrogen) atoms. The summed E-state index contributed by atoms with van der Waals surface area (Å²) in [5, 5.41) is 8.89. The highest BCUT2D eigenvalue weighted by Gasteiger charge is 2.38. The predicted octanol–water partition coefficient (Wildman–Crippen LogP) is 1.92. The highest BCUT2D eigenvalue weighted by atomic mass is 19.1. The van der Waals surface area contributed by atoms with E-state index in [2.05, 4.69) is 0 Å². The number of Topliss-reactive ketones (excluding diaryl/α,β-unsaturated/α-hetero) is 1. The lowest BCUT2D eigenvalue weighted by Crippen LogP contribution is -2.30. The number of nitrogens with zero attached hydrogens (tertiary/aromatic N) is 1. The first kappa shape index (κ1) is 14.8. The average Bonchev–Trinajstić information content (AvgIpc) is 2.64. The van der Waals surface area contributed by atoms with Gasteiger partial charge in [0.2, 0.25) is 0 Å². The number of amides is 1. The van der Waals surface area contributed by atoms with Crippen LogP contribution in [0.5, 0.6) is 0 Å². The van der Waals surface area contributed by atoms with Crippen LogP contribution in [0.3, 0.4) is 0 Å². The zero-order valence-corrected chi connectivity index (χ0v) is 11.0. The van der Waals surface area contributed by atoms with Crippen molar-refractivity contribution >= 4 is 23.3 Å². The van der Waals surface area contributed by atoms with Gasteiger partial charge in [0.05, 0.1) is 11.3 Å². The molecular weight excluding hydrogens is 284 g/mol. The maximum atomic E-state index is 13.8. The van der Waals surface area contributed by atoms with Gasteiger partial charge in [0, 0.05) is 18.2 Å². The van der Waals surface area contributed by atoms with Gasteiger partial charge >= 0.3 is 5.97 Å². The number of ketones is 1. The van der Waals surface area contributed by atoms with Gasteiger partial charge in [0.25, 0.3) is 11.7 Å². The summed E-state index contributed by atoms with van der Waals surface area (Å²) in [6.07, 6.45) is 1.44. The molecule has 0 spiro atoms. The van der Waals surface area contributed by atoms with Crippen molar-refractivity contribution in [1.29, 1.82) is 0 Å². The molecule has 0 saturated carbocycles. The average molecular weight is 295 g/mol. The molecule has 0 aliphatic carbocycles. The molecule has 7 heteroatoms. The van der Waals surface area contributed by atoms with E-state index in [-0.39, 0.29) is 29.8 Å². The lowest BCUT2D eigenvalue weighted by molar-refractivity contribution is -0.132. The Hall–Kier alpha value is -2.57. The molecular formula is C14H11F2NO4. The smallest absolute Gasteiger partial charge is 0.331 e. The first-order valence-electron chi connectivity index (χ1n) is 6.14. The second-order valence-electron chi connectivity index (χ2n) is 4.42. The Balaban J connectivity index is 2.42. The maximum Gasteiger partial charge on any atom is 0.331 e. The minimum absolute atomic E-state index is 0.0335. The van der Waals surface area contributed by atoms with E-state index in [1.54, 1.807) is 6.92 Å². The molecule has 0 fully saturated rings. The third-order valence-electron chi connectivity index (χ3n) is 3.16. The van der Waals surface area contributed by atoms with Crippen molar-refractivity contribution in [2.45, 2.75) is 13.3 Å². The summed E-state index contributed by atoms with van der Waals surface area (Å²) in [5.74, 6) is -5.16. The first-order valence-corrected chi connectivity index (χ1v) is 6.14. The molecule has 0 atom stereocenters. The van der Waals surface area contributed by atoms with Gasteiger partial charge in [0.1, 0.15) is 5.82 Å². The third kappa shape index (κ3) is 2.54. The summed E-state index contributed by atoms with van der Waals surface area (Å²) in [4.78, 5) is 35.2. The fraction of sp³-hybridized carbons (Fsp3) is 0.214. The van der Waals surface area contributed by atoms with Crippen molar-refractivity contribution in [3.63, 3.8) is 0 Å². The molecule has 0 radical (unpaired) electrons. The predicted molar refractivity (Wildman–Crippen MR) is 69.1 cm³/mol. The summed E-state index contributed by atoms with van der Waals surface area (Å²) in [6, 6.07) is 1.36. The normalized spacial score (nSPS) is 14.6. The van der Waals surface area contributed by atoms with Crippen molar-refractivity contribution in [1.82, 2.24) is 0 Å². The van der Waals surface area contributed by atoms with Gasteiger partial charge in [-0.05, 0) is 12.5 Å². The van der Waals surface area contributed by atoms with Crippen molar-refractivity contribution < 1.29 is 28.3 Å². The van der Waals surface area contributed by atoms with Gasteiger partial charge < -0.3 is 5.11 Å². The Labute approximate surface area is 118 Å². The zero-order chi connectivity index (χ0) is 15.7. The van der Waals surface area contributed by atoms with Crippen LogP contribution in [-0.4, -0.2) is 29.3 Å². The maximum absolute atomic E-state index is 13.8. The van der Waals surface area contributed by atoms with Crippen LogP contribution in [0.25, 0.3) is 0 Å². The van der Waals surface area contributed by atoms with Crippen LogP contribution < -0.4 is 4.90 Å². The van der Waals surface area contributed by atoms with E-state index < -0.39 is 29.3 Å². The van der Waals surface area contributed by atoms with E-state index in [1.165, 1.54) is 6.08 Å². The number of fused-ring (bicyclic) bond motifs is 1. The molecule has 1 aromatic rings. The van der Waals surface area contributed by atoms with Crippen LogP contribution in [0.4, 0.5) is 14.5 Å². The number of aliphatic carboxylic acids is 1. The number of hydrogen-bond donors (Lipinski definition) is 1. The molecule has 1 amide bonds. The van der Waals surface area contributed by atoms with E-state index in [0.29, 0.717) is 6.07 Å². The van der Waals surface area contributed by atoms with Gasteiger partial charge in [-0.1, -0.05) is 13.0 Å². The fourth-order valence-electron chi connectivity index (χ4n) is 2.11. The van der Waals surface area contributed by atoms with Crippen LogP contribution >= 0.6 is 0 Å². The summed E-state index contributed by atoms with van der Waals surface area (Å²) >= 11 is 0. The van der Waals surface area contributed by atoms with Gasteiger partial charge in [-0.3, -0.25) is 14.5 Å². The minimum atomic E-state index is -1.16. The number of carbonyl (C=O) groups is 3. The summed E-state index contributed by atoms with van der Waals surface area (Å²) in [7, 11) is 0. The molecule has 2 rings (SSSR count). The minimum Gasteiger partial charge on any atom is -0.478 e. The van der Waals surface area contributed by atoms with Crippen molar-refractivity contribution in [3.05, 3.63) is 41.0 Å². The third-order valence-corrected chi connectivity index (χ3v) is 3.16. The second kappa shape index (κ2) is 5.43. The summed E-state index contributed by atoms with van der Waals surface area (Å²) in [6.45, 7) is 1.34. The molecule has 1 aromatic carbocycles. The Morgan fingerprint density at radius 3 is 2.57 bits per heavy atom. The number of carbonyl (C=O) groups excluding carboxylic acids is 2. The topological polar surface area (TPSA) is 74.7 Å². The van der Waals surface area contributed by atoms with Crippen LogP contribution in [-0.2, 0) is 9.59 Å². The molecule has 1 aliphatic rings. The van der Waals surface area contributed by atoms with Gasteiger partial charge in [-0.15, -0.1) is 0 Å². The number of anilines is 1. The number of rotatable bonds is 4. The molecule has 0 saturated heterocycles. The summed E-state index contributed by atoms with van der Waals surface area (Å²) < 4.78 is 26.9. The Bertz CT molecular complexity index is 682. The lowest BCUT2D eigenvalue weighted by Gasteiger charge is -2.15. The highest BCUT2D eigenvalue weighted by Crippen LogP contribution is 2.32. The fourth-order valence-corrected chi connectivity index (χ4v) is 2.11. The largest absolute Gasteiger partial charge is 0.478 e. The number of hydrogen-bond acceptors (Lipinski definition) is 3. The van der Waals surface area contributed by atoms with Gasteiger partial charge in [0.15, 0.2) is 5.82 Å². The summed E-state index contributed by atoms with van der Waals surface area (Å²) in [5.41, 5.74) is -0.631. The lowest BCUT2D eigenvalue weighted by atomic mass is 10.1. The number of carboxylic acid groups (broad SMARTS) is 1. The number of carboxylic acids is 1. The molecule has 1 N–H and O–H groups in total. The zero-order valence-electron chi connectivity index (χ0n) is 11.0. The standard InChI is InChI=1S/C14H11F2NO4/c1-2-7(14(20)21)3-4-17-11-9(12(18)13(17)19)5-8(15)6-10(11)16/h3,5-6H,2,4H2,1H3,(H,20,21). The molecule has 0 aromatic heterocycles. The number of halogens is 2. The molecule has 110 valence electrons. The number of benzene rings is 1. The Morgan fingerprint density at radius 2 is 2.00 bits per heavy atom. The van der Waals surface area contributed by atoms with Crippen LogP contribution in [0.2, 0.25) is 0 Å². The molecule has 1 aliphatic heterocycles. The first-order chi connectivity index (χ1) is 9.86. The second-order valence-corrected chi connectivity index (χ2v) is 4.42. The van der Waals surface area contributed by atoms with Crippen LogP contribution in [0, 0.1) is 11.6 Å². The van der Waals surface area contributed by atoms with E-state index >= 15 is 0 Å². The van der Waals surface area contributed by atoms with Crippen LogP contribution in [0.15, 0.2) is 23.8 Å². The van der Waals surface area contributed by atoms with Crippen molar-refractivity contribution in [2.75, 3.05) is 11.4 Å². The van der Waals surface area contributed by atoms with Crippen LogP contribution in [0.1, 0.15) is 23.7 Å². The van der Waals surface area contributed by atoms with Crippen molar-refractivity contribution in [2.24, 2.45) is 0 Å². The van der Waals surface area contributed by atoms with E-state index in [4.69, 9.17) is 5.11 Å². The molecule has 0 unspecified atom stereocenters. The van der Waals surface area contributed by atoms with E-state index in [9.17, 15) is 23.2 Å².